The number of ether oxygens (including phenoxy) is 1. The van der Waals surface area contributed by atoms with Crippen LogP contribution in [-0.2, 0) is 91.3 Å². The van der Waals surface area contributed by atoms with Gasteiger partial charge in [-0.15, -0.1) is 0 Å². The van der Waals surface area contributed by atoms with E-state index in [-0.39, 0.29) is 126 Å². The maximum Gasteiger partial charge on any atom is 0.411 e. The molecular formula is C93H112N12O24. The van der Waals surface area contributed by atoms with Crippen molar-refractivity contribution >= 4 is 110 Å². The number of benzene rings is 5. The van der Waals surface area contributed by atoms with E-state index in [1.54, 1.807) is 77.5 Å². The van der Waals surface area contributed by atoms with E-state index in [1.807, 2.05) is 70.1 Å². The molecule has 0 bridgehead atoms. The van der Waals surface area contributed by atoms with E-state index in [4.69, 9.17) is 33.4 Å². The van der Waals surface area contributed by atoms with Gasteiger partial charge in [0.1, 0.15) is 68.5 Å². The Morgan fingerprint density at radius 1 is 0.496 bits per heavy atom. The summed E-state index contributed by atoms with van der Waals surface area (Å²) in [6.07, 6.45) is 2.75. The third-order valence-electron chi connectivity index (χ3n) is 26.2. The number of anilines is 5. The molecule has 5 aromatic rings. The molecule has 36 nitrogen and oxygen atoms in total. The van der Waals surface area contributed by atoms with Crippen LogP contribution in [0.5, 0.6) is 17.2 Å². The number of fused-ring (bicyclic) bond motifs is 9. The summed E-state index contributed by atoms with van der Waals surface area (Å²) in [7, 11) is 16.6. The lowest BCUT2D eigenvalue weighted by Gasteiger charge is -2.50. The lowest BCUT2D eigenvalue weighted by Crippen LogP contribution is -2.65. The van der Waals surface area contributed by atoms with Crippen molar-refractivity contribution in [1.82, 2.24) is 14.7 Å². The number of hydrogen-bond acceptors (Lipinski definition) is 31. The predicted molar refractivity (Wildman–Crippen MR) is 476 cm³/mol. The lowest BCUT2D eigenvalue weighted by molar-refractivity contribution is -0.155. The third kappa shape index (κ3) is 16.1. The first-order valence-corrected chi connectivity index (χ1v) is 42.1. The smallest absolute Gasteiger partial charge is 0.411 e. The summed E-state index contributed by atoms with van der Waals surface area (Å²) in [5, 5.41) is 143. The first-order chi connectivity index (χ1) is 60.3. The largest absolute Gasteiger partial charge is 0.508 e. The number of nitrogen functional groups attached to an aromatic ring is 1. The number of carbonyl (C=O) groups excluding carboxylic acids is 11. The number of nitrogens with zero attached hydrogens (tertiary/aromatic N) is 5. The number of aliphatic hydroxyl groups excluding tert-OH is 6. The van der Waals surface area contributed by atoms with Crippen molar-refractivity contribution in [2.24, 2.45) is 63.9 Å². The number of likely N-dealkylation sites (N-methyl/N-ethyl adjacent to an activating group) is 3. The number of Topliss-reactive ketones (excluding diaryl/α,β-unsaturated/α-hetero) is 6. The van der Waals surface area contributed by atoms with Crippen molar-refractivity contribution < 1.29 is 119 Å². The highest BCUT2D eigenvalue weighted by molar-refractivity contribution is 6.27. The van der Waals surface area contributed by atoms with Gasteiger partial charge < -0.3 is 110 Å². The number of aliphatic hydroxyl groups is 9. The van der Waals surface area contributed by atoms with Gasteiger partial charge >= 0.3 is 6.09 Å². The SMILES string of the molecule is CCCCc1ccc(-c2cc(N(C)C)c3c(c2O)C(O)=C2C(=O)[C@]4(O)C(O)=C(C(N)=O)C(=O)[C@H](N(C)C)[C@@H]4C[C@@H]2C3)cc1.CN(C)[C@H]1C(=O)C(C(N)=O)=C(O)[C@@]2(O)C(=O)C3=C(O)c4c(O)c(NC(=O)OCC(C)(C)C)cc(CN)c4C[C@H]3C[C@@H]12.CN(C)c1cc(CCC(=O)Nc2ccc(N)cc2)c(O)c2c1C[C@H]1C[C@H]3[C@@H](N(C)C)C(=O)C(C(N)=O)=C(O)[C@@]3(O)C(=O)C1=C2O. The molecule has 12 atom stereocenters. The van der Waals surface area contributed by atoms with Crippen LogP contribution < -0.4 is 49.1 Å². The van der Waals surface area contributed by atoms with Crippen molar-refractivity contribution in [2.75, 3.05) is 103 Å². The van der Waals surface area contributed by atoms with E-state index in [1.165, 1.54) is 40.4 Å². The molecular weight excluding hydrogens is 1670 g/mol. The molecule has 0 aliphatic heterocycles. The Kier molecular flexibility index (Phi) is 26.0. The third-order valence-corrected chi connectivity index (χ3v) is 26.2. The fraction of sp³-hybridized carbons (Fsp3) is 0.430. The first-order valence-electron chi connectivity index (χ1n) is 42.1. The number of unbranched alkanes of at least 4 members (excludes halogenated alkanes) is 1. The molecule has 3 fully saturated rings. The van der Waals surface area contributed by atoms with E-state index in [0.717, 1.165) is 30.5 Å². The highest BCUT2D eigenvalue weighted by Gasteiger charge is 2.68. The van der Waals surface area contributed by atoms with Crippen LogP contribution in [0.15, 0.2) is 117 Å². The van der Waals surface area contributed by atoms with E-state index in [9.17, 15) is 114 Å². The number of carbonyl (C=O) groups is 11. The lowest BCUT2D eigenvalue weighted by atomic mass is 9.57. The monoisotopic (exact) mass is 1780 g/mol. The van der Waals surface area contributed by atoms with Gasteiger partial charge in [-0.25, -0.2) is 4.79 Å². The van der Waals surface area contributed by atoms with Crippen molar-refractivity contribution in [2.45, 2.75) is 140 Å². The van der Waals surface area contributed by atoms with E-state index >= 15 is 0 Å². The molecule has 0 radical (unpaired) electrons. The number of ketones is 6. The number of primary amides is 3. The van der Waals surface area contributed by atoms with Gasteiger partial charge in [-0.05, 0) is 205 Å². The molecule has 129 heavy (non-hydrogen) atoms. The predicted octanol–water partition coefficient (Wildman–Crippen LogP) is 5.24. The van der Waals surface area contributed by atoms with Crippen LogP contribution in [0.1, 0.15) is 116 Å². The molecule has 36 heteroatoms. The van der Waals surface area contributed by atoms with Gasteiger partial charge in [-0.3, -0.25) is 68.0 Å². The number of nitrogens with two attached hydrogens (primary N) is 5. The molecule has 0 unspecified atom stereocenters. The number of nitrogens with one attached hydrogen (secondary N) is 2. The standard InChI is InChI=1S/C33H39N3O7.C32H37N5O8.C28H36N4O9/c1-6-7-8-16-9-11-17(12-10-16)19-15-22(35(2)3)20-13-18-14-21-26(36(4)5)29(39)25(32(34)42)31(41)33(21,43)30(40)23(18)28(38)24(20)27(19)37;1-36(2)20-13-14(5-10-21(38)35-17-8-6-16(33)7-9-17)26(39)23-18(20)11-15-12-19-25(37(3)4)28(41)24(31(34)44)30(43)32(19,45)29(42)22(15)27(23)40;1-27(2,3)10-41-26(39)31-15-8-12(9-29)13-6-11-7-14-19(32(4)5)22(35)18(25(30)38)24(37)28(14,40)23(36)16(11)21(34)17(13)20(15)33/h9-12,15,18,21,26,37-38,41,43H,6-8,13-14H2,1-5H3,(H2,34,42);6-9,13,15,19,25,39-40,43,45H,5,10-12,33H2,1-4H3,(H2,34,44)(H,35,38);8,11,14,19,33-34,37,40H,6-7,9-10,29H2,1-5H3,(H2,30,38)(H,31,39)/t18-,21-,26+,33-;15-,19-,25+,32-;11-,14-,19+,28-/m000/s1. The summed E-state index contributed by atoms with van der Waals surface area (Å²) >= 11 is 0. The minimum Gasteiger partial charge on any atom is -0.508 e. The molecule has 5 aromatic carbocycles. The summed E-state index contributed by atoms with van der Waals surface area (Å²) < 4.78 is 5.21. The van der Waals surface area contributed by atoms with Crippen LogP contribution in [0, 0.1) is 40.9 Å². The molecule has 688 valence electrons. The Labute approximate surface area is 742 Å². The number of aryl methyl sites for hydroxylation is 2. The zero-order valence-corrected chi connectivity index (χ0v) is 74.1. The molecule has 0 heterocycles. The van der Waals surface area contributed by atoms with Crippen LogP contribution in [0.25, 0.3) is 28.4 Å². The molecule has 5 amide bonds. The zero-order chi connectivity index (χ0) is 95.4. The Hall–Kier alpha value is -13.0. The number of rotatable bonds is 19. The van der Waals surface area contributed by atoms with Gasteiger partial charge in [-0.1, -0.05) is 58.4 Å². The molecule has 9 aliphatic carbocycles. The molecule has 24 N–H and O–H groups in total. The number of hydrogen-bond donors (Lipinski definition) is 19. The highest BCUT2D eigenvalue weighted by atomic mass is 16.5. The maximum absolute atomic E-state index is 14.2. The summed E-state index contributed by atoms with van der Waals surface area (Å²) in [6, 6.07) is 16.0. The van der Waals surface area contributed by atoms with Crippen molar-refractivity contribution in [3.63, 3.8) is 0 Å². The first kappa shape index (κ1) is 95.1. The second kappa shape index (κ2) is 35.2. The fourth-order valence-electron chi connectivity index (χ4n) is 20.2. The maximum atomic E-state index is 14.2. The van der Waals surface area contributed by atoms with E-state index in [2.05, 4.69) is 17.6 Å². The van der Waals surface area contributed by atoms with Crippen LogP contribution in [0.2, 0.25) is 0 Å². The average Bonchev–Trinajstić information content (AvgIpc) is 0.704. The van der Waals surface area contributed by atoms with Gasteiger partial charge in [-0.2, -0.15) is 0 Å². The second-order valence-corrected chi connectivity index (χ2v) is 36.8. The quantitative estimate of drug-likeness (QED) is 0.0285. The van der Waals surface area contributed by atoms with Crippen molar-refractivity contribution in [3.05, 3.63) is 168 Å². The Bertz CT molecular complexity index is 5810. The van der Waals surface area contributed by atoms with Crippen LogP contribution >= 0.6 is 0 Å². The summed E-state index contributed by atoms with van der Waals surface area (Å²) in [5.41, 5.74) is 23.1. The van der Waals surface area contributed by atoms with Crippen LogP contribution in [0.3, 0.4) is 0 Å². The fourth-order valence-corrected chi connectivity index (χ4v) is 20.2. The minimum atomic E-state index is -2.75. The Balaban J connectivity index is 0.000000176. The summed E-state index contributed by atoms with van der Waals surface area (Å²) in [6.45, 7) is 7.77. The van der Waals surface area contributed by atoms with Crippen LogP contribution in [-0.4, -0.2) is 252 Å². The summed E-state index contributed by atoms with van der Waals surface area (Å²) in [4.78, 5) is 152. The van der Waals surface area contributed by atoms with Crippen LogP contribution in [0.4, 0.5) is 33.2 Å². The van der Waals surface area contributed by atoms with Gasteiger partial charge in [0, 0.05) is 104 Å². The highest BCUT2D eigenvalue weighted by Crippen LogP contribution is 2.59. The normalized spacial score (nSPS) is 25.1. The second-order valence-electron chi connectivity index (χ2n) is 36.8. The number of phenolic OH excluding ortho intramolecular Hbond substituents is 3. The average molecular weight is 1780 g/mol. The molecule has 3 saturated carbocycles. The topological polar surface area (TPSA) is 610 Å². The molecule has 14 rings (SSSR count). The van der Waals surface area contributed by atoms with Crippen molar-refractivity contribution in [3.8, 4) is 28.4 Å². The van der Waals surface area contributed by atoms with Gasteiger partial charge in [0.15, 0.2) is 34.2 Å². The zero-order valence-electron chi connectivity index (χ0n) is 74.1. The number of phenols is 3. The van der Waals surface area contributed by atoms with Gasteiger partial charge in [0.05, 0.1) is 47.1 Å². The molecule has 0 saturated heterocycles. The van der Waals surface area contributed by atoms with Gasteiger partial charge in [0.2, 0.25) is 23.3 Å². The number of amides is 5. The minimum absolute atomic E-state index is 0.00749. The van der Waals surface area contributed by atoms with E-state index in [0.29, 0.717) is 50.4 Å². The molecule has 9 aliphatic rings. The molecule has 0 spiro atoms. The van der Waals surface area contributed by atoms with Crippen molar-refractivity contribution in [1.29, 1.82) is 0 Å². The van der Waals surface area contributed by atoms with Gasteiger partial charge in [0.25, 0.3) is 17.7 Å². The number of aromatic hydroxyl groups is 3. The molecule has 0 aromatic heterocycles. The van der Waals surface area contributed by atoms with E-state index < -0.39 is 186 Å². The Morgan fingerprint density at radius 2 is 0.884 bits per heavy atom. The summed E-state index contributed by atoms with van der Waals surface area (Å²) in [5.74, 6) is -21.6. The Morgan fingerprint density at radius 3 is 1.26 bits per heavy atom.